The van der Waals surface area contributed by atoms with Gasteiger partial charge in [0, 0.05) is 24.6 Å². The summed E-state index contributed by atoms with van der Waals surface area (Å²) in [5.74, 6) is -0.0915. The minimum atomic E-state index is -0.124. The van der Waals surface area contributed by atoms with Gasteiger partial charge in [-0.3, -0.25) is 9.59 Å². The van der Waals surface area contributed by atoms with Gasteiger partial charge in [0.2, 0.25) is 5.91 Å². The van der Waals surface area contributed by atoms with Crippen molar-refractivity contribution >= 4 is 11.8 Å². The van der Waals surface area contributed by atoms with Gasteiger partial charge in [0.15, 0.2) is 0 Å². The standard InChI is InChI=1S/C20H30N2O2/c1-20(2,3)16-11-9-15(10-12-16)19(24)21-14-13-18(23)22-17-7-5-4-6-8-17/h9-12,17H,4-8,13-14H2,1-3H3,(H,21,24)(H,22,23). The van der Waals surface area contributed by atoms with Crippen molar-refractivity contribution < 1.29 is 9.59 Å². The van der Waals surface area contributed by atoms with E-state index in [2.05, 4.69) is 31.4 Å². The van der Waals surface area contributed by atoms with Gasteiger partial charge in [-0.1, -0.05) is 52.2 Å². The van der Waals surface area contributed by atoms with Gasteiger partial charge in [-0.2, -0.15) is 0 Å². The zero-order chi connectivity index (χ0) is 17.6. The lowest BCUT2D eigenvalue weighted by molar-refractivity contribution is -0.121. The Labute approximate surface area is 145 Å². The van der Waals surface area contributed by atoms with E-state index >= 15 is 0 Å². The maximum absolute atomic E-state index is 12.1. The van der Waals surface area contributed by atoms with E-state index in [0.29, 0.717) is 24.6 Å². The predicted octanol–water partition coefficient (Wildman–Crippen LogP) is 3.55. The summed E-state index contributed by atoms with van der Waals surface area (Å²) in [6.45, 7) is 6.81. The third-order valence-electron chi connectivity index (χ3n) is 4.62. The van der Waals surface area contributed by atoms with Crippen LogP contribution < -0.4 is 10.6 Å². The van der Waals surface area contributed by atoms with Crippen LogP contribution in [0.5, 0.6) is 0 Å². The van der Waals surface area contributed by atoms with Gasteiger partial charge in [0.05, 0.1) is 0 Å². The van der Waals surface area contributed by atoms with Crippen LogP contribution in [-0.2, 0) is 10.2 Å². The number of carbonyl (C=O) groups is 2. The van der Waals surface area contributed by atoms with Crippen LogP contribution in [0.1, 0.15) is 75.2 Å². The molecule has 0 radical (unpaired) electrons. The molecule has 0 atom stereocenters. The molecule has 0 saturated heterocycles. The SMILES string of the molecule is CC(C)(C)c1ccc(C(=O)NCCC(=O)NC2CCCCC2)cc1. The van der Waals surface area contributed by atoms with Crippen molar-refractivity contribution in [2.24, 2.45) is 0 Å². The summed E-state index contributed by atoms with van der Waals surface area (Å²) < 4.78 is 0. The van der Waals surface area contributed by atoms with Crippen LogP contribution in [0.4, 0.5) is 0 Å². The molecule has 132 valence electrons. The molecule has 1 aromatic rings. The van der Waals surface area contributed by atoms with Gasteiger partial charge in [-0.15, -0.1) is 0 Å². The number of amides is 2. The number of carbonyl (C=O) groups excluding carboxylic acids is 2. The first-order valence-corrected chi connectivity index (χ1v) is 9.04. The third-order valence-corrected chi connectivity index (χ3v) is 4.62. The van der Waals surface area contributed by atoms with E-state index in [4.69, 9.17) is 0 Å². The lowest BCUT2D eigenvalue weighted by atomic mass is 9.87. The number of benzene rings is 1. The summed E-state index contributed by atoms with van der Waals surface area (Å²) >= 11 is 0. The summed E-state index contributed by atoms with van der Waals surface area (Å²) in [4.78, 5) is 24.1. The fourth-order valence-corrected chi connectivity index (χ4v) is 3.06. The topological polar surface area (TPSA) is 58.2 Å². The second-order valence-corrected chi connectivity index (χ2v) is 7.74. The summed E-state index contributed by atoms with van der Waals surface area (Å²) in [6.07, 6.45) is 6.17. The largest absolute Gasteiger partial charge is 0.353 e. The van der Waals surface area contributed by atoms with Crippen LogP contribution >= 0.6 is 0 Å². The fourth-order valence-electron chi connectivity index (χ4n) is 3.06. The van der Waals surface area contributed by atoms with Gasteiger partial charge < -0.3 is 10.6 Å². The molecule has 0 aromatic heterocycles. The quantitative estimate of drug-likeness (QED) is 0.867. The highest BCUT2D eigenvalue weighted by Crippen LogP contribution is 2.22. The van der Waals surface area contributed by atoms with E-state index in [9.17, 15) is 9.59 Å². The molecule has 2 amide bonds. The number of nitrogens with one attached hydrogen (secondary N) is 2. The summed E-state index contributed by atoms with van der Waals surface area (Å²) in [7, 11) is 0. The smallest absolute Gasteiger partial charge is 0.251 e. The van der Waals surface area contributed by atoms with Crippen molar-refractivity contribution in [3.05, 3.63) is 35.4 Å². The minimum Gasteiger partial charge on any atom is -0.353 e. The molecule has 0 heterocycles. The second-order valence-electron chi connectivity index (χ2n) is 7.74. The molecule has 0 unspecified atom stereocenters. The van der Waals surface area contributed by atoms with E-state index in [1.807, 2.05) is 24.3 Å². The Balaban J connectivity index is 1.73. The van der Waals surface area contributed by atoms with E-state index in [1.54, 1.807) is 0 Å². The lowest BCUT2D eigenvalue weighted by Gasteiger charge is -2.22. The lowest BCUT2D eigenvalue weighted by Crippen LogP contribution is -2.38. The van der Waals surface area contributed by atoms with E-state index in [1.165, 1.54) is 24.8 Å². The molecular formula is C20H30N2O2. The zero-order valence-electron chi connectivity index (χ0n) is 15.2. The summed E-state index contributed by atoms with van der Waals surface area (Å²) in [5, 5.41) is 5.89. The molecule has 1 saturated carbocycles. The highest BCUT2D eigenvalue weighted by Gasteiger charge is 2.16. The Morgan fingerprint density at radius 2 is 1.67 bits per heavy atom. The van der Waals surface area contributed by atoms with E-state index < -0.39 is 0 Å². The van der Waals surface area contributed by atoms with Crippen LogP contribution in [0.2, 0.25) is 0 Å². The van der Waals surface area contributed by atoms with Crippen molar-refractivity contribution in [2.75, 3.05) is 6.54 Å². The first-order valence-electron chi connectivity index (χ1n) is 9.04. The molecule has 1 aliphatic carbocycles. The summed E-state index contributed by atoms with van der Waals surface area (Å²) in [5.41, 5.74) is 1.91. The average Bonchev–Trinajstić information content (AvgIpc) is 2.55. The van der Waals surface area contributed by atoms with Gasteiger partial charge in [-0.25, -0.2) is 0 Å². The van der Waals surface area contributed by atoms with Gasteiger partial charge in [0.25, 0.3) is 5.91 Å². The van der Waals surface area contributed by atoms with Crippen molar-refractivity contribution in [2.45, 2.75) is 70.8 Å². The highest BCUT2D eigenvalue weighted by molar-refractivity contribution is 5.94. The fraction of sp³-hybridized carbons (Fsp3) is 0.600. The first-order chi connectivity index (χ1) is 11.4. The molecular weight excluding hydrogens is 300 g/mol. The molecule has 1 fully saturated rings. The molecule has 2 rings (SSSR count). The van der Waals surface area contributed by atoms with Crippen molar-refractivity contribution in [1.29, 1.82) is 0 Å². The van der Waals surface area contributed by atoms with Crippen LogP contribution in [-0.4, -0.2) is 24.4 Å². The van der Waals surface area contributed by atoms with Crippen molar-refractivity contribution in [3.8, 4) is 0 Å². The monoisotopic (exact) mass is 330 g/mol. The average molecular weight is 330 g/mol. The number of rotatable bonds is 5. The third kappa shape index (κ3) is 5.66. The number of hydrogen-bond acceptors (Lipinski definition) is 2. The Kier molecular flexibility index (Phi) is 6.41. The molecule has 0 bridgehead atoms. The highest BCUT2D eigenvalue weighted by atomic mass is 16.2. The van der Waals surface area contributed by atoms with E-state index in [-0.39, 0.29) is 17.2 Å². The van der Waals surface area contributed by atoms with Crippen LogP contribution in [0, 0.1) is 0 Å². The van der Waals surface area contributed by atoms with Crippen LogP contribution in [0.25, 0.3) is 0 Å². The van der Waals surface area contributed by atoms with Crippen LogP contribution in [0.3, 0.4) is 0 Å². The molecule has 0 spiro atoms. The molecule has 4 heteroatoms. The van der Waals surface area contributed by atoms with Crippen LogP contribution in [0.15, 0.2) is 24.3 Å². The molecule has 4 nitrogen and oxygen atoms in total. The van der Waals surface area contributed by atoms with Gasteiger partial charge in [0.1, 0.15) is 0 Å². The maximum atomic E-state index is 12.1. The molecule has 2 N–H and O–H groups in total. The normalized spacial score (nSPS) is 15.8. The Morgan fingerprint density at radius 3 is 2.25 bits per heavy atom. The molecule has 24 heavy (non-hydrogen) atoms. The van der Waals surface area contributed by atoms with Crippen molar-refractivity contribution in [1.82, 2.24) is 10.6 Å². The van der Waals surface area contributed by atoms with Gasteiger partial charge in [-0.05, 0) is 36.0 Å². The Bertz CT molecular complexity index is 552. The second kappa shape index (κ2) is 8.32. The predicted molar refractivity (Wildman–Crippen MR) is 97.1 cm³/mol. The Hall–Kier alpha value is -1.84. The first kappa shape index (κ1) is 18.5. The Morgan fingerprint density at radius 1 is 1.04 bits per heavy atom. The number of hydrogen-bond donors (Lipinski definition) is 2. The minimum absolute atomic E-state index is 0.0327. The maximum Gasteiger partial charge on any atom is 0.251 e. The molecule has 1 aromatic carbocycles. The zero-order valence-corrected chi connectivity index (χ0v) is 15.2. The molecule has 0 aliphatic heterocycles. The van der Waals surface area contributed by atoms with E-state index in [0.717, 1.165) is 12.8 Å². The van der Waals surface area contributed by atoms with Crippen molar-refractivity contribution in [3.63, 3.8) is 0 Å². The van der Waals surface area contributed by atoms with Gasteiger partial charge >= 0.3 is 0 Å². The summed E-state index contributed by atoms with van der Waals surface area (Å²) in [6, 6.07) is 8.00. The molecule has 1 aliphatic rings.